The Kier molecular flexibility index (Phi) is 4.60. The lowest BCUT2D eigenvalue weighted by Gasteiger charge is -2.05. The van der Waals surface area contributed by atoms with Crippen LogP contribution in [0.25, 0.3) is 11.3 Å². The zero-order valence-electron chi connectivity index (χ0n) is 12.3. The number of thiazole rings is 1. The van der Waals surface area contributed by atoms with Crippen LogP contribution in [0.5, 0.6) is 0 Å². The van der Waals surface area contributed by atoms with Gasteiger partial charge in [0.15, 0.2) is 5.13 Å². The van der Waals surface area contributed by atoms with Crippen LogP contribution in [0.2, 0.25) is 5.02 Å². The van der Waals surface area contributed by atoms with Crippen LogP contribution in [0.3, 0.4) is 0 Å². The van der Waals surface area contributed by atoms with Gasteiger partial charge in [0.25, 0.3) is 0 Å². The first kappa shape index (κ1) is 15.5. The molecule has 2 N–H and O–H groups in total. The molecule has 0 saturated heterocycles. The van der Waals surface area contributed by atoms with E-state index in [0.29, 0.717) is 15.8 Å². The van der Waals surface area contributed by atoms with Crippen molar-refractivity contribution in [1.29, 1.82) is 0 Å². The largest absolute Gasteiger partial charge is 0.325 e. The molecule has 2 aromatic carbocycles. The predicted molar refractivity (Wildman–Crippen MR) is 96.4 cm³/mol. The highest BCUT2D eigenvalue weighted by molar-refractivity contribution is 7.16. The molecule has 0 fully saturated rings. The van der Waals surface area contributed by atoms with Crippen LogP contribution in [0.15, 0.2) is 54.6 Å². The van der Waals surface area contributed by atoms with Gasteiger partial charge in [-0.3, -0.25) is 5.32 Å². The van der Waals surface area contributed by atoms with Crippen LogP contribution < -0.4 is 10.6 Å². The average Bonchev–Trinajstić information content (AvgIpc) is 2.88. The lowest BCUT2D eigenvalue weighted by Crippen LogP contribution is -2.19. The molecule has 0 aliphatic heterocycles. The van der Waals surface area contributed by atoms with E-state index in [-0.39, 0.29) is 6.03 Å². The summed E-state index contributed by atoms with van der Waals surface area (Å²) in [5, 5.41) is 6.61. The van der Waals surface area contributed by atoms with Gasteiger partial charge in [-0.05, 0) is 25.1 Å². The van der Waals surface area contributed by atoms with E-state index in [1.165, 1.54) is 11.3 Å². The Morgan fingerprint density at radius 3 is 2.61 bits per heavy atom. The van der Waals surface area contributed by atoms with Gasteiger partial charge in [-0.15, -0.1) is 11.3 Å². The number of nitrogens with zero attached hydrogens (tertiary/aromatic N) is 1. The molecule has 4 nitrogen and oxygen atoms in total. The normalized spacial score (nSPS) is 10.3. The molecule has 3 aromatic rings. The summed E-state index contributed by atoms with van der Waals surface area (Å²) in [6.45, 7) is 1.99. The van der Waals surface area contributed by atoms with Gasteiger partial charge in [-0.25, -0.2) is 9.78 Å². The van der Waals surface area contributed by atoms with Gasteiger partial charge in [0.2, 0.25) is 0 Å². The fourth-order valence-corrected chi connectivity index (χ4v) is 3.16. The molecule has 116 valence electrons. The van der Waals surface area contributed by atoms with Crippen LogP contribution in [0, 0.1) is 6.92 Å². The number of aryl methyl sites for hydroxylation is 1. The standard InChI is InChI=1S/C17H14ClN3OS/c1-11-15(12-6-3-2-4-7-12)20-17(23-11)21-16(22)19-14-9-5-8-13(18)10-14/h2-10H,1H3,(H2,19,20,21,22). The van der Waals surface area contributed by atoms with Gasteiger partial charge in [0.05, 0.1) is 5.69 Å². The molecular formula is C17H14ClN3OS. The number of amides is 2. The van der Waals surface area contributed by atoms with Crippen molar-refractivity contribution in [2.24, 2.45) is 0 Å². The second-order valence-electron chi connectivity index (χ2n) is 4.88. The molecule has 3 rings (SSSR count). The zero-order valence-corrected chi connectivity index (χ0v) is 13.9. The molecule has 1 heterocycles. The fraction of sp³-hybridized carbons (Fsp3) is 0.0588. The summed E-state index contributed by atoms with van der Waals surface area (Å²) in [5.74, 6) is 0. The highest BCUT2D eigenvalue weighted by Gasteiger charge is 2.12. The summed E-state index contributed by atoms with van der Waals surface area (Å²) < 4.78 is 0. The molecule has 0 saturated carbocycles. The van der Waals surface area contributed by atoms with Crippen LogP contribution >= 0.6 is 22.9 Å². The highest BCUT2D eigenvalue weighted by atomic mass is 35.5. The smallest absolute Gasteiger partial charge is 0.308 e. The summed E-state index contributed by atoms with van der Waals surface area (Å²) in [7, 11) is 0. The minimum Gasteiger partial charge on any atom is -0.308 e. The molecule has 0 unspecified atom stereocenters. The molecule has 0 aliphatic carbocycles. The van der Waals surface area contributed by atoms with Gasteiger partial charge < -0.3 is 5.32 Å². The molecule has 1 aromatic heterocycles. The van der Waals surface area contributed by atoms with E-state index in [4.69, 9.17) is 11.6 Å². The number of hydrogen-bond acceptors (Lipinski definition) is 3. The zero-order chi connectivity index (χ0) is 16.2. The van der Waals surface area contributed by atoms with Crippen molar-refractivity contribution in [3.8, 4) is 11.3 Å². The van der Waals surface area contributed by atoms with E-state index in [1.807, 2.05) is 37.3 Å². The van der Waals surface area contributed by atoms with E-state index in [0.717, 1.165) is 16.1 Å². The number of anilines is 2. The predicted octanol–water partition coefficient (Wildman–Crippen LogP) is 5.42. The number of urea groups is 1. The Hall–Kier alpha value is -2.37. The Labute approximate surface area is 143 Å². The van der Waals surface area contributed by atoms with Crippen LogP contribution in [0.4, 0.5) is 15.6 Å². The van der Waals surface area contributed by atoms with Crippen molar-refractivity contribution < 1.29 is 4.79 Å². The quantitative estimate of drug-likeness (QED) is 0.667. The SMILES string of the molecule is Cc1sc(NC(=O)Nc2cccc(Cl)c2)nc1-c1ccccc1. The Morgan fingerprint density at radius 1 is 1.09 bits per heavy atom. The van der Waals surface area contributed by atoms with E-state index < -0.39 is 0 Å². The van der Waals surface area contributed by atoms with Gasteiger partial charge in [0.1, 0.15) is 0 Å². The summed E-state index contributed by atoms with van der Waals surface area (Å²) in [5.41, 5.74) is 2.55. The number of halogens is 1. The number of benzene rings is 2. The first-order chi connectivity index (χ1) is 11.1. The Bertz CT molecular complexity index is 833. The third-order valence-electron chi connectivity index (χ3n) is 3.15. The monoisotopic (exact) mass is 343 g/mol. The van der Waals surface area contributed by atoms with Crippen LogP contribution in [0.1, 0.15) is 4.88 Å². The van der Waals surface area contributed by atoms with Gasteiger partial charge in [0, 0.05) is 21.2 Å². The lowest BCUT2D eigenvalue weighted by molar-refractivity contribution is 0.262. The second-order valence-corrected chi connectivity index (χ2v) is 6.52. The topological polar surface area (TPSA) is 54.0 Å². The molecule has 2 amide bonds. The maximum Gasteiger partial charge on any atom is 0.325 e. The molecular weight excluding hydrogens is 330 g/mol. The number of carbonyl (C=O) groups is 1. The van der Waals surface area contributed by atoms with Gasteiger partial charge >= 0.3 is 6.03 Å². The minimum absolute atomic E-state index is 0.347. The lowest BCUT2D eigenvalue weighted by atomic mass is 10.1. The Morgan fingerprint density at radius 2 is 1.87 bits per heavy atom. The first-order valence-corrected chi connectivity index (χ1v) is 8.18. The molecule has 23 heavy (non-hydrogen) atoms. The number of carbonyl (C=O) groups excluding carboxylic acids is 1. The maximum atomic E-state index is 12.1. The minimum atomic E-state index is -0.347. The summed E-state index contributed by atoms with van der Waals surface area (Å²) in [6.07, 6.45) is 0. The van der Waals surface area contributed by atoms with E-state index >= 15 is 0 Å². The fourth-order valence-electron chi connectivity index (χ4n) is 2.14. The number of nitrogens with one attached hydrogen (secondary N) is 2. The Balaban J connectivity index is 1.72. The second kappa shape index (κ2) is 6.81. The van der Waals surface area contributed by atoms with Gasteiger partial charge in [-0.2, -0.15) is 0 Å². The molecule has 0 spiro atoms. The maximum absolute atomic E-state index is 12.1. The van der Waals surface area contributed by atoms with Crippen molar-refractivity contribution in [2.45, 2.75) is 6.92 Å². The van der Waals surface area contributed by atoms with Crippen molar-refractivity contribution in [2.75, 3.05) is 10.6 Å². The third-order valence-corrected chi connectivity index (χ3v) is 4.27. The molecule has 0 radical (unpaired) electrons. The molecule has 0 atom stereocenters. The summed E-state index contributed by atoms with van der Waals surface area (Å²) in [4.78, 5) is 17.6. The third kappa shape index (κ3) is 3.88. The van der Waals surface area contributed by atoms with E-state index in [9.17, 15) is 4.79 Å². The average molecular weight is 344 g/mol. The highest BCUT2D eigenvalue weighted by Crippen LogP contribution is 2.30. The van der Waals surface area contributed by atoms with Crippen LogP contribution in [-0.2, 0) is 0 Å². The first-order valence-electron chi connectivity index (χ1n) is 6.98. The van der Waals surface area contributed by atoms with E-state index in [2.05, 4.69) is 15.6 Å². The molecule has 6 heteroatoms. The summed E-state index contributed by atoms with van der Waals surface area (Å²) >= 11 is 7.34. The number of rotatable bonds is 3. The van der Waals surface area contributed by atoms with Crippen molar-refractivity contribution >= 4 is 39.8 Å². The number of aromatic nitrogens is 1. The van der Waals surface area contributed by atoms with Gasteiger partial charge in [-0.1, -0.05) is 48.0 Å². The number of hydrogen-bond donors (Lipinski definition) is 2. The van der Waals surface area contributed by atoms with Crippen molar-refractivity contribution in [3.63, 3.8) is 0 Å². The van der Waals surface area contributed by atoms with Crippen molar-refractivity contribution in [3.05, 3.63) is 64.5 Å². The molecule has 0 bridgehead atoms. The molecule has 0 aliphatic rings. The van der Waals surface area contributed by atoms with Crippen molar-refractivity contribution in [1.82, 2.24) is 4.98 Å². The van der Waals surface area contributed by atoms with Crippen LogP contribution in [-0.4, -0.2) is 11.0 Å². The summed E-state index contributed by atoms with van der Waals surface area (Å²) in [6, 6.07) is 16.5. The van der Waals surface area contributed by atoms with E-state index in [1.54, 1.807) is 24.3 Å².